The van der Waals surface area contributed by atoms with E-state index in [9.17, 15) is 8.78 Å². The van der Waals surface area contributed by atoms with Crippen molar-refractivity contribution in [2.24, 2.45) is 0 Å². The molecule has 1 rings (SSSR count). The van der Waals surface area contributed by atoms with Gasteiger partial charge in [-0.2, -0.15) is 0 Å². The summed E-state index contributed by atoms with van der Waals surface area (Å²) >= 11 is 3.09. The maximum absolute atomic E-state index is 13.9. The highest BCUT2D eigenvalue weighted by Gasteiger charge is 2.15. The summed E-state index contributed by atoms with van der Waals surface area (Å²) in [5.74, 6) is -0.994. The van der Waals surface area contributed by atoms with Gasteiger partial charge in [-0.1, -0.05) is 20.8 Å². The lowest BCUT2D eigenvalue weighted by atomic mass is 10.2. The molecule has 0 atom stereocenters. The van der Waals surface area contributed by atoms with E-state index in [0.29, 0.717) is 10.5 Å². The zero-order valence-electron chi connectivity index (χ0n) is 11.6. The van der Waals surface area contributed by atoms with E-state index in [1.807, 2.05) is 11.8 Å². The van der Waals surface area contributed by atoms with Gasteiger partial charge in [0.15, 0.2) is 0 Å². The van der Waals surface area contributed by atoms with E-state index in [2.05, 4.69) is 35.1 Å². The number of nitrogens with one attached hydrogen (secondary N) is 1. The van der Waals surface area contributed by atoms with Gasteiger partial charge in [0.05, 0.1) is 4.47 Å². The summed E-state index contributed by atoms with van der Waals surface area (Å²) in [5, 5.41) is 3.30. The van der Waals surface area contributed by atoms with Crippen LogP contribution in [0.15, 0.2) is 16.6 Å². The summed E-state index contributed by atoms with van der Waals surface area (Å²) < 4.78 is 27.9. The average Bonchev–Trinajstić information content (AvgIpc) is 2.36. The van der Waals surface area contributed by atoms with Crippen LogP contribution in [0.4, 0.5) is 8.78 Å². The minimum Gasteiger partial charge on any atom is -0.313 e. The number of hydrogen-bond donors (Lipinski definition) is 1. The van der Waals surface area contributed by atoms with E-state index in [1.54, 1.807) is 0 Å². The highest BCUT2D eigenvalue weighted by molar-refractivity contribution is 9.10. The van der Waals surface area contributed by atoms with Gasteiger partial charge in [-0.05, 0) is 34.6 Å². The van der Waals surface area contributed by atoms with Crippen LogP contribution >= 0.6 is 15.9 Å². The predicted octanol–water partition coefficient (Wildman–Crippen LogP) is 3.55. The van der Waals surface area contributed by atoms with Crippen LogP contribution in [0.5, 0.6) is 0 Å². The Morgan fingerprint density at radius 3 is 2.58 bits per heavy atom. The van der Waals surface area contributed by atoms with E-state index >= 15 is 0 Å². The van der Waals surface area contributed by atoms with Gasteiger partial charge in [0.1, 0.15) is 11.6 Å². The van der Waals surface area contributed by atoms with Crippen molar-refractivity contribution in [2.75, 3.05) is 19.6 Å². The zero-order chi connectivity index (χ0) is 14.4. The van der Waals surface area contributed by atoms with E-state index in [1.165, 1.54) is 12.1 Å². The van der Waals surface area contributed by atoms with Gasteiger partial charge in [-0.25, -0.2) is 8.78 Å². The molecule has 1 aromatic carbocycles. The first-order valence-corrected chi connectivity index (χ1v) is 7.33. The summed E-state index contributed by atoms with van der Waals surface area (Å²) in [7, 11) is 0. The number of benzene rings is 1. The second kappa shape index (κ2) is 7.92. The third-order valence-corrected chi connectivity index (χ3v) is 3.56. The van der Waals surface area contributed by atoms with Gasteiger partial charge in [-0.15, -0.1) is 0 Å². The molecule has 2 nitrogen and oxygen atoms in total. The molecule has 5 heteroatoms. The fraction of sp³-hybridized carbons (Fsp3) is 0.571. The minimum atomic E-state index is -0.504. The lowest BCUT2D eigenvalue weighted by Crippen LogP contribution is -2.34. The van der Waals surface area contributed by atoms with Crippen LogP contribution in [0.25, 0.3) is 0 Å². The van der Waals surface area contributed by atoms with Crippen molar-refractivity contribution in [1.29, 1.82) is 0 Å². The molecular weight excluding hydrogens is 314 g/mol. The van der Waals surface area contributed by atoms with Crippen LogP contribution in [0.3, 0.4) is 0 Å². The number of likely N-dealkylation sites (N-methyl/N-ethyl adjacent to an activating group) is 1. The number of nitrogens with zero attached hydrogens (tertiary/aromatic N) is 1. The van der Waals surface area contributed by atoms with Crippen molar-refractivity contribution in [3.8, 4) is 0 Å². The van der Waals surface area contributed by atoms with E-state index < -0.39 is 11.6 Å². The SMILES string of the molecule is CCN(CCNC(C)C)Cc1c(F)ccc(Br)c1F. The molecule has 0 aromatic heterocycles. The van der Waals surface area contributed by atoms with Gasteiger partial charge < -0.3 is 5.32 Å². The average molecular weight is 335 g/mol. The molecule has 1 aromatic rings. The van der Waals surface area contributed by atoms with E-state index in [-0.39, 0.29) is 12.1 Å². The Hall–Kier alpha value is -0.520. The molecule has 0 aliphatic carbocycles. The predicted molar refractivity (Wildman–Crippen MR) is 78.1 cm³/mol. The first-order chi connectivity index (χ1) is 8.95. The molecule has 0 bridgehead atoms. The molecule has 0 unspecified atom stereocenters. The molecule has 0 radical (unpaired) electrons. The van der Waals surface area contributed by atoms with Gasteiger partial charge in [-0.3, -0.25) is 4.90 Å². The molecule has 0 spiro atoms. The first-order valence-electron chi connectivity index (χ1n) is 6.53. The Balaban J connectivity index is 2.68. The van der Waals surface area contributed by atoms with Crippen LogP contribution in [0.2, 0.25) is 0 Å². The second-order valence-corrected chi connectivity index (χ2v) is 5.65. The van der Waals surface area contributed by atoms with Crippen molar-refractivity contribution < 1.29 is 8.78 Å². The van der Waals surface area contributed by atoms with Gasteiger partial charge in [0.25, 0.3) is 0 Å². The second-order valence-electron chi connectivity index (χ2n) is 4.80. The van der Waals surface area contributed by atoms with Gasteiger partial charge >= 0.3 is 0 Å². The third kappa shape index (κ3) is 5.16. The summed E-state index contributed by atoms with van der Waals surface area (Å²) in [5.41, 5.74) is 0.126. The number of rotatable bonds is 7. The lowest BCUT2D eigenvalue weighted by molar-refractivity contribution is 0.267. The zero-order valence-corrected chi connectivity index (χ0v) is 13.2. The lowest BCUT2D eigenvalue weighted by Gasteiger charge is -2.22. The maximum atomic E-state index is 13.9. The monoisotopic (exact) mass is 334 g/mol. The van der Waals surface area contributed by atoms with Crippen molar-refractivity contribution in [3.05, 3.63) is 33.8 Å². The molecule has 0 fully saturated rings. The molecule has 0 aliphatic rings. The Kier molecular flexibility index (Phi) is 6.89. The molecule has 1 N–H and O–H groups in total. The molecule has 0 aliphatic heterocycles. The molecular formula is C14H21BrF2N2. The normalized spacial score (nSPS) is 11.6. The van der Waals surface area contributed by atoms with Gasteiger partial charge in [0, 0.05) is 31.2 Å². The van der Waals surface area contributed by atoms with Crippen molar-refractivity contribution in [3.63, 3.8) is 0 Å². The van der Waals surface area contributed by atoms with Gasteiger partial charge in [0.2, 0.25) is 0 Å². The van der Waals surface area contributed by atoms with Crippen LogP contribution in [-0.4, -0.2) is 30.6 Å². The summed E-state index contributed by atoms with van der Waals surface area (Å²) in [6.45, 7) is 8.75. The van der Waals surface area contributed by atoms with E-state index in [4.69, 9.17) is 0 Å². The molecule has 108 valence electrons. The highest BCUT2D eigenvalue weighted by atomic mass is 79.9. The van der Waals surface area contributed by atoms with Crippen LogP contribution in [0.1, 0.15) is 26.3 Å². The number of halogens is 3. The number of hydrogen-bond acceptors (Lipinski definition) is 2. The summed E-state index contributed by atoms with van der Waals surface area (Å²) in [6, 6.07) is 3.10. The topological polar surface area (TPSA) is 15.3 Å². The Bertz CT molecular complexity index is 411. The summed E-state index contributed by atoms with van der Waals surface area (Å²) in [6.07, 6.45) is 0. The van der Waals surface area contributed by atoms with Crippen LogP contribution in [0, 0.1) is 11.6 Å². The van der Waals surface area contributed by atoms with E-state index in [0.717, 1.165) is 19.6 Å². The Morgan fingerprint density at radius 2 is 2.00 bits per heavy atom. The van der Waals surface area contributed by atoms with Crippen molar-refractivity contribution >= 4 is 15.9 Å². The van der Waals surface area contributed by atoms with Crippen molar-refractivity contribution in [2.45, 2.75) is 33.4 Å². The standard InChI is InChI=1S/C14H21BrF2N2/c1-4-19(8-7-18-10(2)3)9-11-13(16)6-5-12(15)14(11)17/h5-6,10,18H,4,7-9H2,1-3H3. The highest BCUT2D eigenvalue weighted by Crippen LogP contribution is 2.22. The Morgan fingerprint density at radius 1 is 1.32 bits per heavy atom. The first kappa shape index (κ1) is 16.5. The molecule has 0 saturated carbocycles. The smallest absolute Gasteiger partial charge is 0.144 e. The molecule has 0 heterocycles. The van der Waals surface area contributed by atoms with Crippen molar-refractivity contribution in [1.82, 2.24) is 10.2 Å². The van der Waals surface area contributed by atoms with Crippen LogP contribution in [-0.2, 0) is 6.54 Å². The third-order valence-electron chi connectivity index (χ3n) is 2.95. The summed E-state index contributed by atoms with van der Waals surface area (Å²) in [4.78, 5) is 2.02. The Labute approximate surface area is 122 Å². The molecule has 19 heavy (non-hydrogen) atoms. The molecule has 0 saturated heterocycles. The molecule has 0 amide bonds. The minimum absolute atomic E-state index is 0.126. The largest absolute Gasteiger partial charge is 0.313 e. The maximum Gasteiger partial charge on any atom is 0.144 e. The fourth-order valence-corrected chi connectivity index (χ4v) is 2.17. The fourth-order valence-electron chi connectivity index (χ4n) is 1.80. The van der Waals surface area contributed by atoms with Crippen LogP contribution < -0.4 is 5.32 Å². The quantitative estimate of drug-likeness (QED) is 0.767.